The van der Waals surface area contributed by atoms with Gasteiger partial charge in [0, 0.05) is 26.8 Å². The van der Waals surface area contributed by atoms with Crippen LogP contribution in [0.15, 0.2) is 17.1 Å². The maximum atomic E-state index is 12.0. The molecule has 1 heterocycles. The average molecular weight is 285 g/mol. The van der Waals surface area contributed by atoms with E-state index in [1.807, 2.05) is 0 Å². The third kappa shape index (κ3) is 3.87. The first-order valence-corrected chi connectivity index (χ1v) is 5.66. The van der Waals surface area contributed by atoms with E-state index in [4.69, 9.17) is 4.74 Å². The molecule has 20 heavy (non-hydrogen) atoms. The van der Waals surface area contributed by atoms with Crippen molar-refractivity contribution in [1.82, 2.24) is 9.88 Å². The number of ether oxygens (including phenoxy) is 1. The molecule has 0 aliphatic carbocycles. The minimum atomic E-state index is -0.910. The van der Waals surface area contributed by atoms with Crippen LogP contribution in [0.2, 0.25) is 0 Å². The van der Waals surface area contributed by atoms with Crippen LogP contribution in [0.1, 0.15) is 10.4 Å². The third-order valence-electron chi connectivity index (χ3n) is 2.52. The smallest absolute Gasteiger partial charge is 0.286 e. The van der Waals surface area contributed by atoms with Crippen molar-refractivity contribution in [3.8, 4) is 0 Å². The summed E-state index contributed by atoms with van der Waals surface area (Å²) in [6.07, 6.45) is 0.00512. The molecule has 1 rings (SSSR count). The third-order valence-corrected chi connectivity index (χ3v) is 2.52. The summed E-state index contributed by atoms with van der Waals surface area (Å²) in [5.41, 5.74) is -1.47. The normalized spacial score (nSPS) is 11.9. The van der Waals surface area contributed by atoms with E-state index >= 15 is 0 Å². The number of likely N-dealkylation sites (N-methyl/N-ethyl adjacent to an activating group) is 1. The molecule has 0 aromatic carbocycles. The summed E-state index contributed by atoms with van der Waals surface area (Å²) in [6, 6.07) is 0.903. The summed E-state index contributed by atoms with van der Waals surface area (Å²) >= 11 is 0. The summed E-state index contributed by atoms with van der Waals surface area (Å²) in [7, 11) is 2.77. The summed E-state index contributed by atoms with van der Waals surface area (Å²) in [5, 5.41) is 20.1. The van der Waals surface area contributed by atoms with E-state index in [9.17, 15) is 24.8 Å². The van der Waals surface area contributed by atoms with Crippen molar-refractivity contribution in [2.75, 3.05) is 27.3 Å². The molecule has 1 aromatic heterocycles. The largest absolute Gasteiger partial charge is 0.389 e. The van der Waals surface area contributed by atoms with E-state index in [-0.39, 0.29) is 18.7 Å². The number of carbonyl (C=O) groups is 1. The molecule has 9 heteroatoms. The first-order valence-electron chi connectivity index (χ1n) is 5.66. The van der Waals surface area contributed by atoms with Gasteiger partial charge < -0.3 is 19.7 Å². The van der Waals surface area contributed by atoms with E-state index in [2.05, 4.69) is 4.98 Å². The van der Waals surface area contributed by atoms with Gasteiger partial charge >= 0.3 is 0 Å². The highest BCUT2D eigenvalue weighted by atomic mass is 16.6. The van der Waals surface area contributed by atoms with Crippen molar-refractivity contribution in [2.24, 2.45) is 0 Å². The summed E-state index contributed by atoms with van der Waals surface area (Å²) in [4.78, 5) is 36.7. The first-order chi connectivity index (χ1) is 9.36. The van der Waals surface area contributed by atoms with E-state index in [1.165, 1.54) is 14.2 Å². The predicted octanol–water partition coefficient (Wildman–Crippen LogP) is -0.638. The zero-order valence-corrected chi connectivity index (χ0v) is 11.0. The number of amides is 1. The second-order valence-electron chi connectivity index (χ2n) is 4.15. The minimum Gasteiger partial charge on any atom is -0.389 e. The van der Waals surface area contributed by atoms with Crippen LogP contribution in [0.3, 0.4) is 0 Å². The number of pyridine rings is 1. The van der Waals surface area contributed by atoms with Crippen molar-refractivity contribution in [1.29, 1.82) is 0 Å². The maximum absolute atomic E-state index is 12.0. The lowest BCUT2D eigenvalue weighted by Gasteiger charge is -2.20. The average Bonchev–Trinajstić information content (AvgIpc) is 2.38. The fraction of sp³-hybridized carbons (Fsp3) is 0.455. The Morgan fingerprint density at radius 3 is 2.85 bits per heavy atom. The van der Waals surface area contributed by atoms with Crippen LogP contribution < -0.4 is 5.56 Å². The quantitative estimate of drug-likeness (QED) is 0.529. The number of aliphatic hydroxyl groups excluding tert-OH is 1. The van der Waals surface area contributed by atoms with Gasteiger partial charge in [0.1, 0.15) is 5.56 Å². The highest BCUT2D eigenvalue weighted by molar-refractivity contribution is 5.94. The molecular weight excluding hydrogens is 270 g/mol. The molecule has 0 aliphatic rings. The summed E-state index contributed by atoms with van der Waals surface area (Å²) in [6.45, 7) is -0.0300. The number of aliphatic hydroxyl groups is 1. The van der Waals surface area contributed by atoms with E-state index in [1.54, 1.807) is 0 Å². The van der Waals surface area contributed by atoms with Crippen LogP contribution in [0.25, 0.3) is 0 Å². The standard InChI is InChI=1S/C11H15N3O6/c1-13(5-8(15)6-20-2)11(17)9-3-7(14(18)19)4-12-10(9)16/h3-4,8,15H,5-6H2,1-2H3,(H,12,16). The highest BCUT2D eigenvalue weighted by Crippen LogP contribution is 2.09. The molecule has 0 aliphatic heterocycles. The van der Waals surface area contributed by atoms with Gasteiger partial charge in [-0.05, 0) is 0 Å². The number of carbonyl (C=O) groups excluding carboxylic acids is 1. The lowest BCUT2D eigenvalue weighted by molar-refractivity contribution is -0.385. The number of nitro groups is 1. The number of methoxy groups -OCH3 is 1. The van der Waals surface area contributed by atoms with Gasteiger partial charge in [-0.25, -0.2) is 0 Å². The number of aromatic nitrogens is 1. The molecule has 0 saturated heterocycles. The molecular formula is C11H15N3O6. The van der Waals surface area contributed by atoms with Crippen molar-refractivity contribution in [2.45, 2.75) is 6.10 Å². The van der Waals surface area contributed by atoms with Crippen LogP contribution >= 0.6 is 0 Å². The monoisotopic (exact) mass is 285 g/mol. The number of nitrogens with one attached hydrogen (secondary N) is 1. The molecule has 9 nitrogen and oxygen atoms in total. The number of nitrogens with zero attached hydrogens (tertiary/aromatic N) is 2. The van der Waals surface area contributed by atoms with Crippen molar-refractivity contribution >= 4 is 11.6 Å². The predicted molar refractivity (Wildman–Crippen MR) is 68.6 cm³/mol. The van der Waals surface area contributed by atoms with Crippen molar-refractivity contribution < 1.29 is 19.6 Å². The molecule has 0 bridgehead atoms. The molecule has 1 unspecified atom stereocenters. The van der Waals surface area contributed by atoms with E-state index in [0.29, 0.717) is 0 Å². The van der Waals surface area contributed by atoms with Gasteiger partial charge in [-0.15, -0.1) is 0 Å². The first kappa shape index (κ1) is 15.8. The molecule has 1 amide bonds. The Balaban J connectivity index is 2.93. The minimum absolute atomic E-state index is 0.0307. The van der Waals surface area contributed by atoms with Gasteiger partial charge in [0.2, 0.25) is 0 Å². The van der Waals surface area contributed by atoms with Crippen LogP contribution in [-0.4, -0.2) is 59.2 Å². The SMILES string of the molecule is COCC(O)CN(C)C(=O)c1cc([N+](=O)[O-])c[nH]c1=O. The Morgan fingerprint density at radius 2 is 2.30 bits per heavy atom. The fourth-order valence-corrected chi connectivity index (χ4v) is 1.59. The Kier molecular flexibility index (Phi) is 5.35. The number of H-pyrrole nitrogens is 1. The Morgan fingerprint density at radius 1 is 1.65 bits per heavy atom. The lowest BCUT2D eigenvalue weighted by atomic mass is 10.2. The molecule has 2 N–H and O–H groups in total. The number of aromatic amines is 1. The lowest BCUT2D eigenvalue weighted by Crippen LogP contribution is -2.38. The molecule has 0 spiro atoms. The van der Waals surface area contributed by atoms with Crippen molar-refractivity contribution in [3.05, 3.63) is 38.3 Å². The van der Waals surface area contributed by atoms with Crippen molar-refractivity contribution in [3.63, 3.8) is 0 Å². The van der Waals surface area contributed by atoms with Crippen LogP contribution in [0, 0.1) is 10.1 Å². The van der Waals surface area contributed by atoms with Crippen LogP contribution in [-0.2, 0) is 4.74 Å². The van der Waals surface area contributed by atoms with Gasteiger partial charge in [-0.2, -0.15) is 0 Å². The Labute approximate surface area is 113 Å². The maximum Gasteiger partial charge on any atom is 0.286 e. The Bertz CT molecular complexity index is 555. The van der Waals surface area contributed by atoms with Gasteiger partial charge in [0.05, 0.1) is 23.8 Å². The molecule has 0 fully saturated rings. The van der Waals surface area contributed by atoms with E-state index in [0.717, 1.165) is 17.2 Å². The molecule has 0 radical (unpaired) electrons. The molecule has 1 atom stereocenters. The van der Waals surface area contributed by atoms with Gasteiger partial charge in [-0.1, -0.05) is 0 Å². The number of rotatable bonds is 6. The zero-order chi connectivity index (χ0) is 15.3. The molecule has 0 saturated carbocycles. The van der Waals surface area contributed by atoms with Gasteiger partial charge in [0.25, 0.3) is 17.2 Å². The second kappa shape index (κ2) is 6.78. The van der Waals surface area contributed by atoms with Gasteiger partial charge in [-0.3, -0.25) is 19.7 Å². The summed E-state index contributed by atoms with van der Waals surface area (Å²) < 4.78 is 4.72. The molecule has 110 valence electrons. The number of hydrogen-bond donors (Lipinski definition) is 2. The number of hydrogen-bond acceptors (Lipinski definition) is 6. The topological polar surface area (TPSA) is 126 Å². The Hall–Kier alpha value is -2.26. The molecule has 1 aromatic rings. The van der Waals surface area contributed by atoms with Gasteiger partial charge in [0.15, 0.2) is 0 Å². The van der Waals surface area contributed by atoms with E-state index < -0.39 is 28.2 Å². The zero-order valence-electron chi connectivity index (χ0n) is 11.0. The fourth-order valence-electron chi connectivity index (χ4n) is 1.59. The van der Waals surface area contributed by atoms with Crippen LogP contribution in [0.4, 0.5) is 5.69 Å². The summed E-state index contributed by atoms with van der Waals surface area (Å²) in [5.74, 6) is -0.717. The highest BCUT2D eigenvalue weighted by Gasteiger charge is 2.21. The second-order valence-corrected chi connectivity index (χ2v) is 4.15. The van der Waals surface area contributed by atoms with Crippen LogP contribution in [0.5, 0.6) is 0 Å².